The Balaban J connectivity index is 1.58. The number of H-pyrrole nitrogens is 1. The van der Waals surface area contributed by atoms with Crippen molar-refractivity contribution >= 4 is 45.8 Å². The average molecular weight is 453 g/mol. The van der Waals surface area contributed by atoms with Crippen molar-refractivity contribution in [3.63, 3.8) is 0 Å². The van der Waals surface area contributed by atoms with E-state index in [1.807, 2.05) is 0 Å². The molecular weight excluding hydrogens is 435 g/mol. The molecule has 1 aromatic heterocycles. The summed E-state index contributed by atoms with van der Waals surface area (Å²) < 4.78 is 19.7. The average Bonchev–Trinajstić information content (AvgIpc) is 3.21. The fourth-order valence-electron chi connectivity index (χ4n) is 3.29. The maximum Gasteiger partial charge on any atom is 0.256 e. The Morgan fingerprint density at radius 1 is 1.09 bits per heavy atom. The SMILES string of the molecule is COc1cccc(-c2ccc3c(NC(=O)c4cccc(NC(=O)CCl)c4)n[nH]c3c2)c1F. The fourth-order valence-corrected chi connectivity index (χ4v) is 3.35. The highest BCUT2D eigenvalue weighted by Gasteiger charge is 2.15. The van der Waals surface area contributed by atoms with E-state index < -0.39 is 11.7 Å². The van der Waals surface area contributed by atoms with E-state index >= 15 is 0 Å². The molecule has 32 heavy (non-hydrogen) atoms. The predicted molar refractivity (Wildman–Crippen MR) is 122 cm³/mol. The van der Waals surface area contributed by atoms with Crippen LogP contribution in [-0.4, -0.2) is 35.0 Å². The van der Waals surface area contributed by atoms with Crippen LogP contribution >= 0.6 is 11.6 Å². The number of anilines is 2. The fraction of sp³-hybridized carbons (Fsp3) is 0.0870. The number of hydrogen-bond donors (Lipinski definition) is 3. The van der Waals surface area contributed by atoms with Gasteiger partial charge in [0.2, 0.25) is 5.91 Å². The molecule has 0 fully saturated rings. The zero-order valence-electron chi connectivity index (χ0n) is 16.9. The number of aromatic amines is 1. The van der Waals surface area contributed by atoms with Crippen LogP contribution in [0, 0.1) is 5.82 Å². The van der Waals surface area contributed by atoms with Gasteiger partial charge in [0, 0.05) is 22.2 Å². The second kappa shape index (κ2) is 9.07. The Morgan fingerprint density at radius 2 is 1.91 bits per heavy atom. The Labute approximate surface area is 187 Å². The quantitative estimate of drug-likeness (QED) is 0.366. The van der Waals surface area contributed by atoms with Crippen LogP contribution in [0.3, 0.4) is 0 Å². The van der Waals surface area contributed by atoms with E-state index in [1.54, 1.807) is 54.6 Å². The summed E-state index contributed by atoms with van der Waals surface area (Å²) in [6, 6.07) is 16.6. The first-order valence-electron chi connectivity index (χ1n) is 9.58. The molecule has 1 heterocycles. The van der Waals surface area contributed by atoms with E-state index in [0.717, 1.165) is 0 Å². The van der Waals surface area contributed by atoms with Crippen molar-refractivity contribution in [2.75, 3.05) is 23.6 Å². The molecule has 0 aliphatic heterocycles. The largest absolute Gasteiger partial charge is 0.494 e. The zero-order valence-corrected chi connectivity index (χ0v) is 17.7. The molecule has 0 atom stereocenters. The predicted octanol–water partition coefficient (Wildman–Crippen LogP) is 4.81. The maximum absolute atomic E-state index is 14.6. The minimum absolute atomic E-state index is 0.157. The van der Waals surface area contributed by atoms with Crippen LogP contribution in [0.15, 0.2) is 60.7 Å². The lowest BCUT2D eigenvalue weighted by molar-refractivity contribution is -0.113. The van der Waals surface area contributed by atoms with E-state index in [9.17, 15) is 14.0 Å². The molecule has 7 nitrogen and oxygen atoms in total. The van der Waals surface area contributed by atoms with Gasteiger partial charge in [-0.15, -0.1) is 11.6 Å². The monoisotopic (exact) mass is 452 g/mol. The molecule has 2 amide bonds. The Bertz CT molecular complexity index is 1320. The van der Waals surface area contributed by atoms with Crippen molar-refractivity contribution in [1.29, 1.82) is 0 Å². The third-order valence-electron chi connectivity index (χ3n) is 4.82. The van der Waals surface area contributed by atoms with Crippen LogP contribution in [0.4, 0.5) is 15.9 Å². The molecule has 4 aromatic rings. The van der Waals surface area contributed by atoms with Crippen LogP contribution in [0.25, 0.3) is 22.0 Å². The highest BCUT2D eigenvalue weighted by atomic mass is 35.5. The minimum Gasteiger partial charge on any atom is -0.494 e. The van der Waals surface area contributed by atoms with Crippen LogP contribution in [0.1, 0.15) is 10.4 Å². The number of alkyl halides is 1. The summed E-state index contributed by atoms with van der Waals surface area (Å²) in [6.07, 6.45) is 0. The number of nitrogens with zero attached hydrogens (tertiary/aromatic N) is 1. The number of fused-ring (bicyclic) bond motifs is 1. The summed E-state index contributed by atoms with van der Waals surface area (Å²) in [4.78, 5) is 24.2. The lowest BCUT2D eigenvalue weighted by atomic mass is 10.0. The summed E-state index contributed by atoms with van der Waals surface area (Å²) in [5.41, 5.74) is 2.45. The number of ether oxygens (including phenoxy) is 1. The van der Waals surface area contributed by atoms with Crippen LogP contribution in [-0.2, 0) is 4.79 Å². The summed E-state index contributed by atoms with van der Waals surface area (Å²) in [7, 11) is 1.41. The first kappa shape index (κ1) is 21.3. The van der Waals surface area contributed by atoms with Gasteiger partial charge in [-0.2, -0.15) is 5.10 Å². The van der Waals surface area contributed by atoms with Gasteiger partial charge in [-0.1, -0.05) is 24.3 Å². The Hall–Kier alpha value is -3.91. The van der Waals surface area contributed by atoms with Gasteiger partial charge in [-0.05, 0) is 42.0 Å². The number of carbonyl (C=O) groups excluding carboxylic acids is 2. The number of carbonyl (C=O) groups is 2. The lowest BCUT2D eigenvalue weighted by Crippen LogP contribution is -2.15. The molecule has 0 aliphatic rings. The van der Waals surface area contributed by atoms with Gasteiger partial charge >= 0.3 is 0 Å². The number of rotatable bonds is 6. The molecule has 0 spiro atoms. The number of benzene rings is 3. The van der Waals surface area contributed by atoms with Crippen molar-refractivity contribution in [1.82, 2.24) is 10.2 Å². The number of methoxy groups -OCH3 is 1. The molecule has 0 unspecified atom stereocenters. The molecule has 9 heteroatoms. The molecule has 162 valence electrons. The van der Waals surface area contributed by atoms with E-state index in [4.69, 9.17) is 16.3 Å². The van der Waals surface area contributed by atoms with E-state index in [-0.39, 0.29) is 17.5 Å². The molecular formula is C23H18ClFN4O3. The van der Waals surface area contributed by atoms with Crippen molar-refractivity contribution in [2.45, 2.75) is 0 Å². The number of nitrogens with one attached hydrogen (secondary N) is 3. The Morgan fingerprint density at radius 3 is 2.69 bits per heavy atom. The molecule has 0 aliphatic carbocycles. The van der Waals surface area contributed by atoms with Gasteiger partial charge < -0.3 is 15.4 Å². The highest BCUT2D eigenvalue weighted by Crippen LogP contribution is 2.32. The van der Waals surface area contributed by atoms with E-state index in [1.165, 1.54) is 13.2 Å². The molecule has 0 saturated carbocycles. The van der Waals surface area contributed by atoms with Crippen molar-refractivity contribution in [2.24, 2.45) is 0 Å². The smallest absolute Gasteiger partial charge is 0.256 e. The van der Waals surface area contributed by atoms with Gasteiger partial charge in [0.15, 0.2) is 17.4 Å². The molecule has 0 radical (unpaired) electrons. The molecule has 4 rings (SSSR count). The van der Waals surface area contributed by atoms with Crippen molar-refractivity contribution < 1.29 is 18.7 Å². The third-order valence-corrected chi connectivity index (χ3v) is 5.06. The molecule has 3 N–H and O–H groups in total. The standard InChI is InChI=1S/C23H18ClFN4O3/c1-32-19-7-3-6-16(21(19)25)13-8-9-17-18(11-13)28-29-22(17)27-23(31)14-4-2-5-15(10-14)26-20(30)12-24/h2-11H,12H2,1H3,(H,26,30)(H2,27,28,29,31). The molecule has 0 bridgehead atoms. The van der Waals surface area contributed by atoms with Crippen LogP contribution in [0.2, 0.25) is 0 Å². The van der Waals surface area contributed by atoms with Gasteiger partial charge in [-0.3, -0.25) is 14.7 Å². The zero-order chi connectivity index (χ0) is 22.7. The molecule has 0 saturated heterocycles. The summed E-state index contributed by atoms with van der Waals surface area (Å²) >= 11 is 5.50. The second-order valence-corrected chi connectivity index (χ2v) is 7.14. The number of hydrogen-bond acceptors (Lipinski definition) is 4. The normalized spacial score (nSPS) is 10.7. The topological polar surface area (TPSA) is 96.1 Å². The van der Waals surface area contributed by atoms with Crippen LogP contribution in [0.5, 0.6) is 5.75 Å². The number of halogens is 2. The summed E-state index contributed by atoms with van der Waals surface area (Å²) in [6.45, 7) is 0. The van der Waals surface area contributed by atoms with Gasteiger partial charge in [-0.25, -0.2) is 4.39 Å². The summed E-state index contributed by atoms with van der Waals surface area (Å²) in [5, 5.41) is 13.0. The van der Waals surface area contributed by atoms with Crippen LogP contribution < -0.4 is 15.4 Å². The van der Waals surface area contributed by atoms with Gasteiger partial charge in [0.1, 0.15) is 5.88 Å². The van der Waals surface area contributed by atoms with E-state index in [0.29, 0.717) is 39.1 Å². The van der Waals surface area contributed by atoms with Gasteiger partial charge in [0.25, 0.3) is 5.91 Å². The van der Waals surface area contributed by atoms with E-state index in [2.05, 4.69) is 20.8 Å². The molecule has 3 aromatic carbocycles. The first-order chi connectivity index (χ1) is 15.5. The number of amides is 2. The number of aromatic nitrogens is 2. The Kier molecular flexibility index (Phi) is 6.04. The first-order valence-corrected chi connectivity index (χ1v) is 10.1. The lowest BCUT2D eigenvalue weighted by Gasteiger charge is -2.08. The van der Waals surface area contributed by atoms with Crippen molar-refractivity contribution in [3.05, 3.63) is 72.0 Å². The summed E-state index contributed by atoms with van der Waals surface area (Å²) in [5.74, 6) is -0.919. The maximum atomic E-state index is 14.6. The highest BCUT2D eigenvalue weighted by molar-refractivity contribution is 6.29. The van der Waals surface area contributed by atoms with Crippen molar-refractivity contribution in [3.8, 4) is 16.9 Å². The minimum atomic E-state index is -0.455. The third kappa shape index (κ3) is 4.26. The second-order valence-electron chi connectivity index (χ2n) is 6.87. The van der Waals surface area contributed by atoms with Gasteiger partial charge in [0.05, 0.1) is 12.6 Å².